The number of ketones is 1. The lowest BCUT2D eigenvalue weighted by Crippen LogP contribution is -2.45. The molecule has 1 unspecified atom stereocenters. The normalized spacial score (nSPS) is 21.5. The second kappa shape index (κ2) is 6.70. The number of methoxy groups -OCH3 is 1. The Morgan fingerprint density at radius 3 is 2.41 bits per heavy atom. The van der Waals surface area contributed by atoms with Crippen molar-refractivity contribution in [3.63, 3.8) is 0 Å². The minimum atomic E-state index is -2.10. The molecule has 0 heterocycles. The van der Waals surface area contributed by atoms with Crippen LogP contribution in [-0.4, -0.2) is 39.6 Å². The van der Waals surface area contributed by atoms with E-state index in [0.717, 1.165) is 0 Å². The zero-order chi connectivity index (χ0) is 17.1. The molecule has 1 rings (SSSR count). The van der Waals surface area contributed by atoms with Gasteiger partial charge in [-0.2, -0.15) is 0 Å². The molecule has 0 aromatic carbocycles. The van der Waals surface area contributed by atoms with Crippen LogP contribution in [0.25, 0.3) is 0 Å². The Labute approximate surface area is 132 Å². The van der Waals surface area contributed by atoms with Crippen molar-refractivity contribution in [2.45, 2.75) is 51.4 Å². The third-order valence-corrected chi connectivity index (χ3v) is 8.75. The van der Waals surface area contributed by atoms with E-state index in [0.29, 0.717) is 11.9 Å². The number of hydrogen-bond donors (Lipinski definition) is 0. The number of esters is 1. The quantitative estimate of drug-likeness (QED) is 0.261. The number of carbonyl (C=O) groups is 3. The summed E-state index contributed by atoms with van der Waals surface area (Å²) in [4.78, 5) is 34.6. The zero-order valence-corrected chi connectivity index (χ0v) is 15.1. The van der Waals surface area contributed by atoms with Crippen LogP contribution in [0.1, 0.15) is 27.2 Å². The third-order valence-electron chi connectivity index (χ3n) is 4.26. The average molecular weight is 324 g/mol. The van der Waals surface area contributed by atoms with Crippen molar-refractivity contribution in [2.24, 2.45) is 0 Å². The van der Waals surface area contributed by atoms with Crippen LogP contribution in [0.2, 0.25) is 18.1 Å². The standard InChI is InChI=1S/C16H24O5Si/c1-16(2,3)22(5,6)21-14-10-13(18)12(15(19)20-4)9-11(14)7-8-17/h7-9,14H,10H2,1-6H3/b11-7+. The smallest absolute Gasteiger partial charge is 0.341 e. The molecule has 122 valence electrons. The molecule has 0 bridgehead atoms. The van der Waals surface area contributed by atoms with E-state index in [9.17, 15) is 14.4 Å². The molecular formula is C16H24O5Si. The van der Waals surface area contributed by atoms with Crippen LogP contribution in [0, 0.1) is 0 Å². The van der Waals surface area contributed by atoms with Crippen molar-refractivity contribution < 1.29 is 23.5 Å². The molecule has 0 saturated carbocycles. The van der Waals surface area contributed by atoms with E-state index >= 15 is 0 Å². The maximum absolute atomic E-state index is 12.1. The van der Waals surface area contributed by atoms with Gasteiger partial charge < -0.3 is 9.16 Å². The zero-order valence-electron chi connectivity index (χ0n) is 14.1. The van der Waals surface area contributed by atoms with Gasteiger partial charge in [0.15, 0.2) is 14.1 Å². The van der Waals surface area contributed by atoms with E-state index in [1.165, 1.54) is 19.3 Å². The Bertz CT molecular complexity index is 537. The minimum absolute atomic E-state index is 0.0192. The van der Waals surface area contributed by atoms with E-state index in [4.69, 9.17) is 4.43 Å². The maximum atomic E-state index is 12.1. The first-order valence-electron chi connectivity index (χ1n) is 7.20. The molecule has 0 saturated heterocycles. The lowest BCUT2D eigenvalue weighted by molar-refractivity contribution is -0.138. The number of Topliss-reactive ketones (excluding diaryl/α,β-unsaturated/α-hetero) is 1. The van der Waals surface area contributed by atoms with Gasteiger partial charge in [-0.1, -0.05) is 20.8 Å². The predicted molar refractivity (Wildman–Crippen MR) is 85.9 cm³/mol. The molecule has 6 heteroatoms. The second-order valence-corrected chi connectivity index (χ2v) is 11.6. The Kier molecular flexibility index (Phi) is 5.64. The summed E-state index contributed by atoms with van der Waals surface area (Å²) in [7, 11) is -0.885. The lowest BCUT2D eigenvalue weighted by Gasteiger charge is -2.40. The van der Waals surface area contributed by atoms with Gasteiger partial charge in [0.1, 0.15) is 11.9 Å². The highest BCUT2D eigenvalue weighted by atomic mass is 28.4. The fourth-order valence-electron chi connectivity index (χ4n) is 1.90. The number of aldehydes is 1. The molecule has 0 radical (unpaired) electrons. The van der Waals surface area contributed by atoms with Crippen molar-refractivity contribution in [3.8, 4) is 0 Å². The Morgan fingerprint density at radius 1 is 1.36 bits per heavy atom. The van der Waals surface area contributed by atoms with Gasteiger partial charge in [-0.05, 0) is 35.9 Å². The first-order chi connectivity index (χ1) is 10.0. The van der Waals surface area contributed by atoms with Gasteiger partial charge in [-0.25, -0.2) is 4.79 Å². The summed E-state index contributed by atoms with van der Waals surface area (Å²) in [5.41, 5.74) is 0.505. The fraction of sp³-hybridized carbons (Fsp3) is 0.562. The first-order valence-corrected chi connectivity index (χ1v) is 10.1. The number of allylic oxidation sites excluding steroid dienone is 1. The SMILES string of the molecule is COC(=O)C1=C/C(=C\C=O)C(O[Si](C)(C)C(C)(C)C)CC1=O. The van der Waals surface area contributed by atoms with Crippen LogP contribution in [0.4, 0.5) is 0 Å². The number of rotatable bonds is 4. The van der Waals surface area contributed by atoms with E-state index in [1.807, 2.05) is 0 Å². The summed E-state index contributed by atoms with van der Waals surface area (Å²) < 4.78 is 10.8. The summed E-state index contributed by atoms with van der Waals surface area (Å²) in [6.07, 6.45) is 2.94. The van der Waals surface area contributed by atoms with Crippen LogP contribution in [-0.2, 0) is 23.5 Å². The van der Waals surface area contributed by atoms with Crippen LogP contribution in [0.15, 0.2) is 23.3 Å². The molecule has 0 aliphatic heterocycles. The van der Waals surface area contributed by atoms with Crippen molar-refractivity contribution in [3.05, 3.63) is 23.3 Å². The highest BCUT2D eigenvalue weighted by Crippen LogP contribution is 2.39. The summed E-state index contributed by atoms with van der Waals surface area (Å²) in [6.45, 7) is 10.5. The van der Waals surface area contributed by atoms with Gasteiger partial charge in [-0.3, -0.25) is 9.59 Å². The lowest BCUT2D eigenvalue weighted by atomic mass is 9.91. The third kappa shape index (κ3) is 4.01. The summed E-state index contributed by atoms with van der Waals surface area (Å²) in [6, 6.07) is 0. The molecule has 0 aromatic heterocycles. The fourth-order valence-corrected chi connectivity index (χ4v) is 3.18. The second-order valence-electron chi connectivity index (χ2n) is 6.85. The number of ether oxygens (including phenoxy) is 1. The highest BCUT2D eigenvalue weighted by Gasteiger charge is 2.41. The monoisotopic (exact) mass is 324 g/mol. The maximum Gasteiger partial charge on any atom is 0.341 e. The van der Waals surface area contributed by atoms with E-state index < -0.39 is 20.4 Å². The Morgan fingerprint density at radius 2 is 1.95 bits per heavy atom. The Hall–Kier alpha value is -1.53. The van der Waals surface area contributed by atoms with Gasteiger partial charge in [-0.15, -0.1) is 0 Å². The molecule has 1 atom stereocenters. The number of hydrogen-bond acceptors (Lipinski definition) is 5. The van der Waals surface area contributed by atoms with Gasteiger partial charge >= 0.3 is 5.97 Å². The average Bonchev–Trinajstić information content (AvgIpc) is 2.39. The van der Waals surface area contributed by atoms with E-state index in [2.05, 4.69) is 38.6 Å². The van der Waals surface area contributed by atoms with E-state index in [1.54, 1.807) is 0 Å². The van der Waals surface area contributed by atoms with Crippen molar-refractivity contribution in [1.29, 1.82) is 0 Å². The molecule has 5 nitrogen and oxygen atoms in total. The molecule has 0 N–H and O–H groups in total. The predicted octanol–water partition coefficient (Wildman–Crippen LogP) is 2.57. The molecule has 0 spiro atoms. The van der Waals surface area contributed by atoms with Crippen LogP contribution < -0.4 is 0 Å². The van der Waals surface area contributed by atoms with Gasteiger partial charge in [0.25, 0.3) is 0 Å². The molecule has 1 aliphatic rings. The summed E-state index contributed by atoms with van der Waals surface area (Å²) in [5, 5.41) is -0.0192. The van der Waals surface area contributed by atoms with Gasteiger partial charge in [0.2, 0.25) is 0 Å². The van der Waals surface area contributed by atoms with Crippen LogP contribution in [0.3, 0.4) is 0 Å². The van der Waals surface area contributed by atoms with Crippen molar-refractivity contribution in [2.75, 3.05) is 7.11 Å². The topological polar surface area (TPSA) is 69.7 Å². The van der Waals surface area contributed by atoms with E-state index in [-0.39, 0.29) is 22.8 Å². The molecule has 0 fully saturated rings. The first kappa shape index (κ1) is 18.5. The summed E-state index contributed by atoms with van der Waals surface area (Å²) in [5.74, 6) is -1.01. The summed E-state index contributed by atoms with van der Waals surface area (Å²) >= 11 is 0. The van der Waals surface area contributed by atoms with Gasteiger partial charge in [0.05, 0.1) is 13.2 Å². The molecule has 1 aliphatic carbocycles. The molecular weight excluding hydrogens is 300 g/mol. The van der Waals surface area contributed by atoms with Crippen molar-refractivity contribution >= 4 is 26.4 Å². The molecule has 0 amide bonds. The van der Waals surface area contributed by atoms with Crippen molar-refractivity contribution in [1.82, 2.24) is 0 Å². The largest absolute Gasteiger partial charge is 0.465 e. The Balaban J connectivity index is 3.15. The van der Waals surface area contributed by atoms with Gasteiger partial charge in [0, 0.05) is 6.42 Å². The van der Waals surface area contributed by atoms with Crippen LogP contribution >= 0.6 is 0 Å². The number of carbonyl (C=O) groups excluding carboxylic acids is 3. The highest BCUT2D eigenvalue weighted by molar-refractivity contribution is 6.74. The molecule has 22 heavy (non-hydrogen) atoms. The van der Waals surface area contributed by atoms with Crippen LogP contribution in [0.5, 0.6) is 0 Å². The molecule has 0 aromatic rings. The minimum Gasteiger partial charge on any atom is -0.465 e.